The van der Waals surface area contributed by atoms with Crippen molar-refractivity contribution in [2.45, 2.75) is 26.2 Å². The summed E-state index contributed by atoms with van der Waals surface area (Å²) in [6.07, 6.45) is 1.57. The van der Waals surface area contributed by atoms with Gasteiger partial charge in [-0.05, 0) is 19.3 Å². The second-order valence-electron chi connectivity index (χ2n) is 2.82. The Balaban J connectivity index is 4.39. The summed E-state index contributed by atoms with van der Waals surface area (Å²) in [7, 11) is 0. The Kier molecular flexibility index (Phi) is 5.68. The number of alkyl halides is 2. The van der Waals surface area contributed by atoms with Gasteiger partial charge in [0.1, 0.15) is 0 Å². The summed E-state index contributed by atoms with van der Waals surface area (Å²) in [6.45, 7) is 1.85. The first-order valence-corrected chi connectivity index (χ1v) is 5.05. The smallest absolute Gasteiger partial charge is 0.309 e. The van der Waals surface area contributed by atoms with Crippen LogP contribution >= 0.6 is 23.2 Å². The van der Waals surface area contributed by atoms with E-state index in [-0.39, 0.29) is 0 Å². The van der Waals surface area contributed by atoms with Crippen molar-refractivity contribution in [3.63, 3.8) is 0 Å². The minimum absolute atomic E-state index is 0.372. The van der Waals surface area contributed by atoms with E-state index in [1.165, 1.54) is 0 Å². The molecule has 0 aromatic rings. The molecule has 0 saturated heterocycles. The summed E-state index contributed by atoms with van der Waals surface area (Å²) in [4.78, 5) is 10.9. The van der Waals surface area contributed by atoms with Gasteiger partial charge in [0.05, 0.1) is 5.41 Å². The van der Waals surface area contributed by atoms with Gasteiger partial charge in [-0.1, -0.05) is 6.92 Å². The Labute approximate surface area is 82.9 Å². The first kappa shape index (κ1) is 12.0. The van der Waals surface area contributed by atoms with Gasteiger partial charge in [-0.15, -0.1) is 23.2 Å². The Morgan fingerprint density at radius 3 is 1.92 bits per heavy atom. The molecule has 0 aromatic heterocycles. The molecule has 1 N–H and O–H groups in total. The summed E-state index contributed by atoms with van der Waals surface area (Å²) in [5, 5.41) is 8.97. The molecule has 0 fully saturated rings. The summed E-state index contributed by atoms with van der Waals surface area (Å²) in [5.41, 5.74) is -0.705. The zero-order valence-corrected chi connectivity index (χ0v) is 8.66. The van der Waals surface area contributed by atoms with Gasteiger partial charge >= 0.3 is 5.97 Å². The molecular weight excluding hydrogens is 199 g/mol. The summed E-state index contributed by atoms with van der Waals surface area (Å²) >= 11 is 11.1. The van der Waals surface area contributed by atoms with E-state index in [1.807, 2.05) is 6.92 Å². The van der Waals surface area contributed by atoms with E-state index in [9.17, 15) is 4.79 Å². The second-order valence-corrected chi connectivity index (χ2v) is 3.57. The number of aliphatic carboxylic acids is 1. The molecular formula is C8H14Cl2O2. The molecule has 0 radical (unpaired) electrons. The number of halogens is 2. The van der Waals surface area contributed by atoms with Crippen LogP contribution in [0.3, 0.4) is 0 Å². The fraction of sp³-hybridized carbons (Fsp3) is 0.875. The van der Waals surface area contributed by atoms with Crippen molar-refractivity contribution < 1.29 is 9.90 Å². The molecule has 0 atom stereocenters. The number of carboxylic acids is 1. The van der Waals surface area contributed by atoms with Gasteiger partial charge < -0.3 is 5.11 Å². The largest absolute Gasteiger partial charge is 0.481 e. The summed E-state index contributed by atoms with van der Waals surface area (Å²) in [6, 6.07) is 0. The molecule has 0 spiro atoms. The Morgan fingerprint density at radius 1 is 1.33 bits per heavy atom. The van der Waals surface area contributed by atoms with E-state index >= 15 is 0 Å². The van der Waals surface area contributed by atoms with Crippen molar-refractivity contribution in [1.29, 1.82) is 0 Å². The minimum Gasteiger partial charge on any atom is -0.481 e. The van der Waals surface area contributed by atoms with Crippen molar-refractivity contribution in [3.05, 3.63) is 0 Å². The lowest BCUT2D eigenvalue weighted by atomic mass is 9.80. The molecule has 2 nitrogen and oxygen atoms in total. The normalized spacial score (nSPS) is 11.6. The molecule has 72 valence electrons. The third-order valence-corrected chi connectivity index (χ3v) is 2.65. The lowest BCUT2D eigenvalue weighted by Crippen LogP contribution is -2.31. The topological polar surface area (TPSA) is 37.3 Å². The van der Waals surface area contributed by atoms with Gasteiger partial charge in [-0.25, -0.2) is 0 Å². The second kappa shape index (κ2) is 5.65. The van der Waals surface area contributed by atoms with Gasteiger partial charge in [0.2, 0.25) is 0 Å². The van der Waals surface area contributed by atoms with Crippen LogP contribution in [0, 0.1) is 5.41 Å². The van der Waals surface area contributed by atoms with E-state index < -0.39 is 11.4 Å². The van der Waals surface area contributed by atoms with Crippen LogP contribution < -0.4 is 0 Å². The molecule has 0 heterocycles. The highest BCUT2D eigenvalue weighted by Crippen LogP contribution is 2.31. The van der Waals surface area contributed by atoms with Crippen LogP contribution in [-0.2, 0) is 4.79 Å². The van der Waals surface area contributed by atoms with Gasteiger partial charge in [-0.2, -0.15) is 0 Å². The molecule has 0 aromatic carbocycles. The number of carbonyl (C=O) groups is 1. The predicted molar refractivity (Wildman–Crippen MR) is 51.0 cm³/mol. The molecule has 4 heteroatoms. The summed E-state index contributed by atoms with van der Waals surface area (Å²) < 4.78 is 0. The SMILES string of the molecule is CCC(CCCl)(CCCl)C(=O)O. The lowest BCUT2D eigenvalue weighted by Gasteiger charge is -2.26. The number of rotatable bonds is 6. The third kappa shape index (κ3) is 2.83. The quantitative estimate of drug-likeness (QED) is 0.688. The van der Waals surface area contributed by atoms with Crippen molar-refractivity contribution in [3.8, 4) is 0 Å². The molecule has 0 aliphatic rings. The van der Waals surface area contributed by atoms with Gasteiger partial charge in [-0.3, -0.25) is 4.79 Å². The third-order valence-electron chi connectivity index (χ3n) is 2.28. The van der Waals surface area contributed by atoms with Crippen LogP contribution in [0.5, 0.6) is 0 Å². The standard InChI is InChI=1S/C8H14Cl2O2/c1-2-8(3-5-9,4-6-10)7(11)12/h2-6H2,1H3,(H,11,12). The average molecular weight is 213 g/mol. The molecule has 0 saturated carbocycles. The average Bonchev–Trinajstić information content (AvgIpc) is 2.03. The monoisotopic (exact) mass is 212 g/mol. The first-order chi connectivity index (χ1) is 5.63. The van der Waals surface area contributed by atoms with E-state index in [2.05, 4.69) is 0 Å². The first-order valence-electron chi connectivity index (χ1n) is 3.98. The van der Waals surface area contributed by atoms with Crippen LogP contribution in [0.15, 0.2) is 0 Å². The molecule has 0 amide bonds. The lowest BCUT2D eigenvalue weighted by molar-refractivity contribution is -0.149. The fourth-order valence-electron chi connectivity index (χ4n) is 1.21. The van der Waals surface area contributed by atoms with Crippen LogP contribution in [0.25, 0.3) is 0 Å². The number of carboxylic acid groups (broad SMARTS) is 1. The molecule has 0 aliphatic heterocycles. The highest BCUT2D eigenvalue weighted by molar-refractivity contribution is 6.18. The van der Waals surface area contributed by atoms with E-state index in [1.54, 1.807) is 0 Å². The Morgan fingerprint density at radius 2 is 1.75 bits per heavy atom. The number of hydrogen-bond acceptors (Lipinski definition) is 1. The molecule has 0 bridgehead atoms. The van der Waals surface area contributed by atoms with E-state index in [0.717, 1.165) is 0 Å². The minimum atomic E-state index is -0.786. The highest BCUT2D eigenvalue weighted by atomic mass is 35.5. The summed E-state index contributed by atoms with van der Waals surface area (Å²) in [5.74, 6) is -0.0417. The number of hydrogen-bond donors (Lipinski definition) is 1. The molecule has 0 rings (SSSR count). The van der Waals surface area contributed by atoms with Gasteiger partial charge in [0, 0.05) is 11.8 Å². The fourth-order valence-corrected chi connectivity index (χ4v) is 1.93. The van der Waals surface area contributed by atoms with Gasteiger partial charge in [0.15, 0.2) is 0 Å². The van der Waals surface area contributed by atoms with Crippen LogP contribution in [0.1, 0.15) is 26.2 Å². The molecule has 12 heavy (non-hydrogen) atoms. The Bertz CT molecular complexity index is 142. The molecule has 0 aliphatic carbocycles. The van der Waals surface area contributed by atoms with Crippen LogP contribution in [0.4, 0.5) is 0 Å². The van der Waals surface area contributed by atoms with Crippen molar-refractivity contribution in [1.82, 2.24) is 0 Å². The maximum absolute atomic E-state index is 10.9. The predicted octanol–water partition coefficient (Wildman–Crippen LogP) is 2.73. The molecule has 0 unspecified atom stereocenters. The zero-order chi connectivity index (χ0) is 9.61. The van der Waals surface area contributed by atoms with Gasteiger partial charge in [0.25, 0.3) is 0 Å². The van der Waals surface area contributed by atoms with E-state index in [4.69, 9.17) is 28.3 Å². The highest BCUT2D eigenvalue weighted by Gasteiger charge is 2.35. The van der Waals surface area contributed by atoms with E-state index in [0.29, 0.717) is 31.0 Å². The maximum atomic E-state index is 10.9. The zero-order valence-electron chi connectivity index (χ0n) is 7.15. The Hall–Kier alpha value is 0.0500. The van der Waals surface area contributed by atoms with Crippen molar-refractivity contribution in [2.75, 3.05) is 11.8 Å². The van der Waals surface area contributed by atoms with Crippen LogP contribution in [-0.4, -0.2) is 22.8 Å². The van der Waals surface area contributed by atoms with Crippen molar-refractivity contribution >= 4 is 29.2 Å². The van der Waals surface area contributed by atoms with Crippen molar-refractivity contribution in [2.24, 2.45) is 5.41 Å². The van der Waals surface area contributed by atoms with Crippen LogP contribution in [0.2, 0.25) is 0 Å². The maximum Gasteiger partial charge on any atom is 0.309 e.